The maximum absolute atomic E-state index is 12.3. The third kappa shape index (κ3) is 1.82. The third-order valence-electron chi connectivity index (χ3n) is 2.38. The summed E-state index contributed by atoms with van der Waals surface area (Å²) in [6, 6.07) is 4.23. The number of aromatic amines is 1. The lowest BCUT2D eigenvalue weighted by Gasteiger charge is -2.03. The van der Waals surface area contributed by atoms with Crippen molar-refractivity contribution in [2.24, 2.45) is 0 Å². The van der Waals surface area contributed by atoms with Gasteiger partial charge in [0.05, 0.1) is 11.1 Å². The molecule has 2 rings (SSSR count). The van der Waals surface area contributed by atoms with Gasteiger partial charge in [-0.25, -0.2) is 0 Å². The number of aromatic nitrogens is 1. The summed E-state index contributed by atoms with van der Waals surface area (Å²) in [6.07, 6.45) is -3.44. The number of para-hydroxylation sites is 1. The van der Waals surface area contributed by atoms with Crippen LogP contribution < -0.4 is 0 Å². The van der Waals surface area contributed by atoms with Gasteiger partial charge in [-0.2, -0.15) is 13.2 Å². The van der Waals surface area contributed by atoms with E-state index in [2.05, 4.69) is 4.98 Å². The van der Waals surface area contributed by atoms with Crippen LogP contribution in [0.1, 0.15) is 20.7 Å². The quantitative estimate of drug-likeness (QED) is 0.649. The molecular weight excluding hydrogens is 235 g/mol. The normalized spacial score (nSPS) is 11.7. The molecule has 0 spiro atoms. The number of H-pyrrole nitrogens is 1. The molecule has 0 radical (unpaired) electrons. The molecule has 0 aliphatic rings. The number of halogens is 3. The Bertz CT molecular complexity index is 598. The Labute approximate surface area is 93.2 Å². The number of rotatable bonds is 2. The lowest BCUT2D eigenvalue weighted by atomic mass is 10.1. The standard InChI is InChI=1S/C11H6F3NO2/c12-11(13,14)10(17)8-4-15-9-6(5-16)2-1-3-7(8)9/h1-5,15H. The van der Waals surface area contributed by atoms with E-state index < -0.39 is 17.5 Å². The highest BCUT2D eigenvalue weighted by molar-refractivity contribution is 6.12. The number of benzene rings is 1. The second-order valence-corrected chi connectivity index (χ2v) is 3.42. The topological polar surface area (TPSA) is 49.9 Å². The molecule has 0 bridgehead atoms. The van der Waals surface area contributed by atoms with Gasteiger partial charge in [0.2, 0.25) is 0 Å². The van der Waals surface area contributed by atoms with Gasteiger partial charge < -0.3 is 4.98 Å². The van der Waals surface area contributed by atoms with E-state index >= 15 is 0 Å². The van der Waals surface area contributed by atoms with E-state index in [-0.39, 0.29) is 16.5 Å². The van der Waals surface area contributed by atoms with Crippen molar-refractivity contribution in [3.05, 3.63) is 35.5 Å². The van der Waals surface area contributed by atoms with Crippen LogP contribution in [0.5, 0.6) is 0 Å². The minimum atomic E-state index is -4.92. The van der Waals surface area contributed by atoms with Crippen LogP contribution in [0.15, 0.2) is 24.4 Å². The largest absolute Gasteiger partial charge is 0.454 e. The van der Waals surface area contributed by atoms with Crippen molar-refractivity contribution in [1.29, 1.82) is 0 Å². The van der Waals surface area contributed by atoms with Crippen molar-refractivity contribution in [3.8, 4) is 0 Å². The molecule has 1 aromatic carbocycles. The second-order valence-electron chi connectivity index (χ2n) is 3.42. The zero-order chi connectivity index (χ0) is 12.6. The highest BCUT2D eigenvalue weighted by Crippen LogP contribution is 2.27. The van der Waals surface area contributed by atoms with E-state index in [0.717, 1.165) is 6.20 Å². The number of Topliss-reactive ketones (excluding diaryl/α,β-unsaturated/α-hetero) is 1. The minimum Gasteiger partial charge on any atom is -0.360 e. The van der Waals surface area contributed by atoms with Gasteiger partial charge in [-0.3, -0.25) is 9.59 Å². The molecule has 0 fully saturated rings. The third-order valence-corrected chi connectivity index (χ3v) is 2.38. The van der Waals surface area contributed by atoms with Crippen molar-refractivity contribution in [2.45, 2.75) is 6.18 Å². The van der Waals surface area contributed by atoms with Gasteiger partial charge in [0.15, 0.2) is 6.29 Å². The van der Waals surface area contributed by atoms with Crippen molar-refractivity contribution in [3.63, 3.8) is 0 Å². The first-order valence-corrected chi connectivity index (χ1v) is 4.62. The lowest BCUT2D eigenvalue weighted by Crippen LogP contribution is -2.22. The van der Waals surface area contributed by atoms with Crippen LogP contribution >= 0.6 is 0 Å². The Balaban J connectivity index is 2.66. The summed E-state index contributed by atoms with van der Waals surface area (Å²) < 4.78 is 36.9. The summed E-state index contributed by atoms with van der Waals surface area (Å²) in [6.45, 7) is 0. The van der Waals surface area contributed by atoms with E-state index in [9.17, 15) is 22.8 Å². The highest BCUT2D eigenvalue weighted by Gasteiger charge is 2.40. The van der Waals surface area contributed by atoms with Crippen LogP contribution in [-0.4, -0.2) is 23.2 Å². The van der Waals surface area contributed by atoms with Crippen LogP contribution in [0.25, 0.3) is 10.9 Å². The van der Waals surface area contributed by atoms with E-state index in [1.54, 1.807) is 0 Å². The lowest BCUT2D eigenvalue weighted by molar-refractivity contribution is -0.0884. The molecule has 0 aliphatic carbocycles. The molecule has 17 heavy (non-hydrogen) atoms. The molecule has 0 unspecified atom stereocenters. The molecule has 0 atom stereocenters. The van der Waals surface area contributed by atoms with E-state index in [4.69, 9.17) is 0 Å². The van der Waals surface area contributed by atoms with Gasteiger partial charge in [-0.15, -0.1) is 0 Å². The van der Waals surface area contributed by atoms with Crippen molar-refractivity contribution in [2.75, 3.05) is 0 Å². The maximum atomic E-state index is 12.3. The number of carbonyl (C=O) groups excluding carboxylic acids is 2. The molecule has 0 amide bonds. The first kappa shape index (κ1) is 11.4. The average molecular weight is 241 g/mol. The fraction of sp³-hybridized carbons (Fsp3) is 0.0909. The summed E-state index contributed by atoms with van der Waals surface area (Å²) in [5, 5.41) is 0.0944. The fourth-order valence-corrected chi connectivity index (χ4v) is 1.62. The molecular formula is C11H6F3NO2. The Morgan fingerprint density at radius 2 is 2.00 bits per heavy atom. The number of hydrogen-bond acceptors (Lipinski definition) is 2. The zero-order valence-corrected chi connectivity index (χ0v) is 8.34. The number of alkyl halides is 3. The van der Waals surface area contributed by atoms with Crippen molar-refractivity contribution in [1.82, 2.24) is 4.98 Å². The smallest absolute Gasteiger partial charge is 0.360 e. The number of carbonyl (C=O) groups is 2. The summed E-state index contributed by atoms with van der Waals surface area (Å²) in [4.78, 5) is 24.3. The van der Waals surface area contributed by atoms with E-state index in [0.29, 0.717) is 6.29 Å². The molecule has 0 saturated carbocycles. The molecule has 1 aromatic heterocycles. The van der Waals surface area contributed by atoms with Crippen LogP contribution in [0, 0.1) is 0 Å². The van der Waals surface area contributed by atoms with Gasteiger partial charge in [0.25, 0.3) is 5.78 Å². The molecule has 1 N–H and O–H groups in total. The Morgan fingerprint density at radius 1 is 1.29 bits per heavy atom. The summed E-state index contributed by atoms with van der Waals surface area (Å²) >= 11 is 0. The first-order chi connectivity index (χ1) is 7.95. The van der Waals surface area contributed by atoms with Crippen LogP contribution in [0.2, 0.25) is 0 Å². The molecule has 0 aliphatic heterocycles. The van der Waals surface area contributed by atoms with Crippen LogP contribution in [-0.2, 0) is 0 Å². The molecule has 88 valence electrons. The molecule has 0 saturated heterocycles. The number of aldehydes is 1. The number of hydrogen-bond donors (Lipinski definition) is 1. The Hall–Kier alpha value is -2.11. The number of ketones is 1. The van der Waals surface area contributed by atoms with Gasteiger partial charge in [-0.1, -0.05) is 12.1 Å². The Kier molecular flexibility index (Phi) is 2.49. The summed E-state index contributed by atoms with van der Waals surface area (Å²) in [7, 11) is 0. The van der Waals surface area contributed by atoms with E-state index in [1.807, 2.05) is 0 Å². The molecule has 1 heterocycles. The van der Waals surface area contributed by atoms with Crippen molar-refractivity contribution < 1.29 is 22.8 Å². The second kappa shape index (κ2) is 3.73. The SMILES string of the molecule is O=Cc1cccc2c(C(=O)C(F)(F)F)c[nH]c12. The molecule has 6 heteroatoms. The number of fused-ring (bicyclic) bond motifs is 1. The first-order valence-electron chi connectivity index (χ1n) is 4.62. The molecule has 3 nitrogen and oxygen atoms in total. The van der Waals surface area contributed by atoms with Gasteiger partial charge in [-0.05, 0) is 6.07 Å². The van der Waals surface area contributed by atoms with E-state index in [1.165, 1.54) is 18.2 Å². The van der Waals surface area contributed by atoms with Crippen LogP contribution in [0.3, 0.4) is 0 Å². The minimum absolute atomic E-state index is 0.0944. The average Bonchev–Trinajstić information content (AvgIpc) is 2.69. The Morgan fingerprint density at radius 3 is 2.59 bits per heavy atom. The van der Waals surface area contributed by atoms with Crippen LogP contribution in [0.4, 0.5) is 13.2 Å². The molecule has 2 aromatic rings. The predicted molar refractivity (Wildman–Crippen MR) is 54.1 cm³/mol. The fourth-order valence-electron chi connectivity index (χ4n) is 1.62. The number of nitrogens with one attached hydrogen (secondary N) is 1. The van der Waals surface area contributed by atoms with Gasteiger partial charge in [0, 0.05) is 17.1 Å². The summed E-state index contributed by atoms with van der Waals surface area (Å²) in [5.41, 5.74) is -0.0324. The predicted octanol–water partition coefficient (Wildman–Crippen LogP) is 2.73. The monoisotopic (exact) mass is 241 g/mol. The van der Waals surface area contributed by atoms with Gasteiger partial charge in [0.1, 0.15) is 0 Å². The highest BCUT2D eigenvalue weighted by atomic mass is 19.4. The van der Waals surface area contributed by atoms with Gasteiger partial charge >= 0.3 is 6.18 Å². The summed E-state index contributed by atoms with van der Waals surface area (Å²) in [5.74, 6) is -1.92. The van der Waals surface area contributed by atoms with Crippen molar-refractivity contribution >= 4 is 23.0 Å². The maximum Gasteiger partial charge on any atom is 0.454 e. The zero-order valence-electron chi connectivity index (χ0n) is 8.34.